The highest BCUT2D eigenvalue weighted by Crippen LogP contribution is 2.43. The molecule has 1 atom stereocenters. The van der Waals surface area contributed by atoms with Gasteiger partial charge in [0, 0.05) is 16.5 Å². The maximum absolute atomic E-state index is 12.1. The molecule has 2 aromatic carbocycles. The quantitative estimate of drug-likeness (QED) is 0.752. The summed E-state index contributed by atoms with van der Waals surface area (Å²) in [6, 6.07) is 9.27. The van der Waals surface area contributed by atoms with Gasteiger partial charge in [0.25, 0.3) is 4.93 Å². The van der Waals surface area contributed by atoms with Crippen LogP contribution in [0.5, 0.6) is 0 Å². The van der Waals surface area contributed by atoms with Gasteiger partial charge >= 0.3 is 10.1 Å². The molecule has 1 aliphatic carbocycles. The summed E-state index contributed by atoms with van der Waals surface area (Å²) in [5, 5.41) is 11.1. The van der Waals surface area contributed by atoms with Crippen LogP contribution in [0, 0.1) is 0 Å². The van der Waals surface area contributed by atoms with Gasteiger partial charge in [-0.3, -0.25) is 9.35 Å². The SMILES string of the molecule is O=C1c2cccc3cccc(c23)[C@]1(O)S(=O)(=O)O. The Balaban J connectivity index is 2.55. The molecule has 92 valence electrons. The van der Waals surface area contributed by atoms with E-state index in [1.54, 1.807) is 18.2 Å². The molecule has 2 N–H and O–H groups in total. The second-order valence-electron chi connectivity index (χ2n) is 4.16. The van der Waals surface area contributed by atoms with Crippen LogP contribution in [0.2, 0.25) is 0 Å². The van der Waals surface area contributed by atoms with E-state index in [0.29, 0.717) is 10.8 Å². The summed E-state index contributed by atoms with van der Waals surface area (Å²) in [5.41, 5.74) is 0.00586. The van der Waals surface area contributed by atoms with Gasteiger partial charge in [0.2, 0.25) is 5.78 Å². The van der Waals surface area contributed by atoms with Gasteiger partial charge in [-0.25, -0.2) is 0 Å². The molecule has 3 rings (SSSR count). The van der Waals surface area contributed by atoms with Crippen molar-refractivity contribution in [2.45, 2.75) is 4.93 Å². The predicted octanol–water partition coefficient (Wildman–Crippen LogP) is 1.07. The fourth-order valence-corrected chi connectivity index (χ4v) is 3.17. The zero-order valence-corrected chi connectivity index (χ0v) is 9.81. The molecule has 0 aliphatic heterocycles. The number of hydrogen-bond donors (Lipinski definition) is 2. The van der Waals surface area contributed by atoms with Gasteiger partial charge in [-0.2, -0.15) is 8.42 Å². The van der Waals surface area contributed by atoms with E-state index in [0.717, 1.165) is 0 Å². The highest BCUT2D eigenvalue weighted by atomic mass is 32.2. The van der Waals surface area contributed by atoms with Crippen LogP contribution >= 0.6 is 0 Å². The van der Waals surface area contributed by atoms with Gasteiger partial charge in [0.05, 0.1) is 0 Å². The topological polar surface area (TPSA) is 91.7 Å². The van der Waals surface area contributed by atoms with Crippen LogP contribution in [0.25, 0.3) is 10.8 Å². The molecule has 2 aromatic rings. The summed E-state index contributed by atoms with van der Waals surface area (Å²) >= 11 is 0. The monoisotopic (exact) mass is 264 g/mol. The Hall–Kier alpha value is -1.76. The smallest absolute Gasteiger partial charge is 0.307 e. The van der Waals surface area contributed by atoms with E-state index in [1.165, 1.54) is 18.2 Å². The first-order valence-corrected chi connectivity index (χ1v) is 6.58. The lowest BCUT2D eigenvalue weighted by Crippen LogP contribution is -2.40. The van der Waals surface area contributed by atoms with Crippen LogP contribution in [0.1, 0.15) is 15.9 Å². The fraction of sp³-hybridized carbons (Fsp3) is 0.0833. The minimum atomic E-state index is -4.96. The van der Waals surface area contributed by atoms with Crippen molar-refractivity contribution in [1.29, 1.82) is 0 Å². The molecule has 18 heavy (non-hydrogen) atoms. The van der Waals surface area contributed by atoms with Gasteiger partial charge < -0.3 is 5.11 Å². The molecule has 0 heterocycles. The Bertz CT molecular complexity index is 788. The normalized spacial score (nSPS) is 22.7. The van der Waals surface area contributed by atoms with E-state index < -0.39 is 20.8 Å². The van der Waals surface area contributed by atoms with Crippen LogP contribution in [-0.4, -0.2) is 23.9 Å². The Morgan fingerprint density at radius 3 is 2.28 bits per heavy atom. The molecule has 0 spiro atoms. The van der Waals surface area contributed by atoms with Crippen molar-refractivity contribution in [3.8, 4) is 0 Å². The van der Waals surface area contributed by atoms with Crippen LogP contribution in [0.15, 0.2) is 36.4 Å². The van der Waals surface area contributed by atoms with Gasteiger partial charge in [-0.15, -0.1) is 0 Å². The Labute approximate surface area is 102 Å². The first kappa shape index (κ1) is 11.3. The first-order valence-electron chi connectivity index (χ1n) is 5.14. The fourth-order valence-electron chi connectivity index (χ4n) is 2.37. The number of ketones is 1. The Kier molecular flexibility index (Phi) is 1.99. The van der Waals surface area contributed by atoms with E-state index in [-0.39, 0.29) is 11.1 Å². The summed E-state index contributed by atoms with van der Waals surface area (Å²) in [6.45, 7) is 0. The molecule has 0 fully saturated rings. The predicted molar refractivity (Wildman–Crippen MR) is 63.7 cm³/mol. The van der Waals surface area contributed by atoms with Gasteiger partial charge in [-0.05, 0) is 5.39 Å². The van der Waals surface area contributed by atoms with Gasteiger partial charge in [-0.1, -0.05) is 36.4 Å². The molecule has 0 saturated carbocycles. The molecule has 0 aromatic heterocycles. The van der Waals surface area contributed by atoms with Crippen LogP contribution < -0.4 is 0 Å². The zero-order valence-electron chi connectivity index (χ0n) is 8.99. The molecule has 0 radical (unpaired) electrons. The number of carbonyl (C=O) groups is 1. The molecular formula is C12H8O5S. The summed E-state index contributed by atoms with van der Waals surface area (Å²) in [6.07, 6.45) is 0. The number of benzene rings is 2. The second kappa shape index (κ2) is 3.17. The second-order valence-corrected chi connectivity index (χ2v) is 5.70. The zero-order chi connectivity index (χ0) is 13.1. The highest BCUT2D eigenvalue weighted by Gasteiger charge is 2.55. The summed E-state index contributed by atoms with van der Waals surface area (Å²) in [5.74, 6) is -1.02. The van der Waals surface area contributed by atoms with E-state index >= 15 is 0 Å². The van der Waals surface area contributed by atoms with E-state index in [1.807, 2.05) is 0 Å². The average molecular weight is 264 g/mol. The van der Waals surface area contributed by atoms with Crippen molar-refractivity contribution in [1.82, 2.24) is 0 Å². The summed E-state index contributed by atoms with van der Waals surface area (Å²) < 4.78 is 31.9. The first-order chi connectivity index (χ1) is 8.37. The lowest BCUT2D eigenvalue weighted by Gasteiger charge is -2.18. The van der Waals surface area contributed by atoms with E-state index in [2.05, 4.69) is 0 Å². The van der Waals surface area contributed by atoms with Crippen molar-refractivity contribution in [3.63, 3.8) is 0 Å². The molecule has 5 nitrogen and oxygen atoms in total. The number of aliphatic hydroxyl groups is 1. The third kappa shape index (κ3) is 1.12. The maximum Gasteiger partial charge on any atom is 0.307 e. The third-order valence-corrected chi connectivity index (χ3v) is 4.35. The van der Waals surface area contributed by atoms with Crippen molar-refractivity contribution < 1.29 is 22.9 Å². The lowest BCUT2D eigenvalue weighted by molar-refractivity contribution is 0.0627. The molecule has 0 amide bonds. The van der Waals surface area contributed by atoms with Gasteiger partial charge in [0.1, 0.15) is 0 Å². The molecular weight excluding hydrogens is 256 g/mol. The molecule has 0 saturated heterocycles. The molecule has 0 unspecified atom stereocenters. The minimum absolute atomic E-state index is 0.0944. The molecule has 0 bridgehead atoms. The average Bonchev–Trinajstić information content (AvgIpc) is 2.55. The Morgan fingerprint density at radius 2 is 1.67 bits per heavy atom. The van der Waals surface area contributed by atoms with Crippen molar-refractivity contribution in [3.05, 3.63) is 47.5 Å². The number of rotatable bonds is 1. The van der Waals surface area contributed by atoms with Crippen molar-refractivity contribution in [2.75, 3.05) is 0 Å². The highest BCUT2D eigenvalue weighted by molar-refractivity contribution is 7.87. The van der Waals surface area contributed by atoms with Crippen LogP contribution in [0.3, 0.4) is 0 Å². The van der Waals surface area contributed by atoms with Crippen LogP contribution in [-0.2, 0) is 15.1 Å². The number of carbonyl (C=O) groups excluding carboxylic acids is 1. The number of Topliss-reactive ketones (excluding diaryl/α,β-unsaturated/α-hetero) is 1. The third-order valence-electron chi connectivity index (χ3n) is 3.20. The largest absolute Gasteiger partial charge is 0.363 e. The van der Waals surface area contributed by atoms with Crippen LogP contribution in [0.4, 0.5) is 0 Å². The lowest BCUT2D eigenvalue weighted by atomic mass is 10.1. The maximum atomic E-state index is 12.1. The van der Waals surface area contributed by atoms with Crippen molar-refractivity contribution >= 4 is 26.7 Å². The molecule has 6 heteroatoms. The Morgan fingerprint density at radius 1 is 1.06 bits per heavy atom. The molecule has 1 aliphatic rings. The summed E-state index contributed by atoms with van der Waals surface area (Å²) in [4.78, 5) is 9.16. The van der Waals surface area contributed by atoms with Gasteiger partial charge in [0.15, 0.2) is 0 Å². The standard InChI is InChI=1S/C12H8O5S/c13-11-8-5-1-3-7-4-2-6-9(10(7)8)12(11,14)18(15,16)17/h1-6,14H,(H,15,16,17)/t12-/m0/s1. The minimum Gasteiger partial charge on any atom is -0.363 e. The summed E-state index contributed by atoms with van der Waals surface area (Å²) in [7, 11) is -4.96. The number of hydrogen-bond acceptors (Lipinski definition) is 4. The van der Waals surface area contributed by atoms with E-state index in [9.17, 15) is 22.9 Å². The van der Waals surface area contributed by atoms with Crippen molar-refractivity contribution in [2.24, 2.45) is 0 Å². The van der Waals surface area contributed by atoms with E-state index in [4.69, 9.17) is 0 Å².